The summed E-state index contributed by atoms with van der Waals surface area (Å²) >= 11 is 0. The molecule has 160 valence electrons. The van der Waals surface area contributed by atoms with Gasteiger partial charge in [-0.15, -0.1) is 0 Å². The zero-order valence-electron chi connectivity index (χ0n) is 17.7. The summed E-state index contributed by atoms with van der Waals surface area (Å²) in [6.07, 6.45) is 5.09. The lowest BCUT2D eigenvalue weighted by molar-refractivity contribution is 0.0405. The topological polar surface area (TPSA) is 30.9 Å². The summed E-state index contributed by atoms with van der Waals surface area (Å²) in [5.41, 5.74) is 1.17. The predicted molar refractivity (Wildman–Crippen MR) is 116 cm³/mol. The molecular weight excluding hydrogens is 381 g/mol. The first-order valence-electron chi connectivity index (χ1n) is 10.8. The number of likely N-dealkylation sites (tertiary alicyclic amines) is 1. The molecule has 0 bridgehead atoms. The van der Waals surface area contributed by atoms with Crippen LogP contribution in [0.1, 0.15) is 44.6 Å². The summed E-state index contributed by atoms with van der Waals surface area (Å²) in [5.74, 6) is 2.60. The molecule has 4 nitrogen and oxygen atoms in total. The molecule has 30 heavy (non-hydrogen) atoms. The van der Waals surface area contributed by atoms with Crippen LogP contribution in [0.5, 0.6) is 17.2 Å². The summed E-state index contributed by atoms with van der Waals surface area (Å²) < 4.78 is 30.7. The Bertz CT molecular complexity index is 869. The van der Waals surface area contributed by atoms with Gasteiger partial charge >= 0.3 is 0 Å². The minimum atomic E-state index is -0.200. The smallest absolute Gasteiger partial charge is 0.231 e. The molecule has 0 spiro atoms. The highest BCUT2D eigenvalue weighted by Crippen LogP contribution is 2.42. The van der Waals surface area contributed by atoms with Crippen molar-refractivity contribution in [2.24, 2.45) is 5.92 Å². The highest BCUT2D eigenvalue weighted by atomic mass is 19.1. The number of hydrogen-bond donors (Lipinski definition) is 0. The average molecular weight is 412 g/mol. The zero-order valence-corrected chi connectivity index (χ0v) is 17.7. The third-order valence-corrected chi connectivity index (χ3v) is 6.38. The van der Waals surface area contributed by atoms with Crippen molar-refractivity contribution in [3.63, 3.8) is 0 Å². The van der Waals surface area contributed by atoms with E-state index in [1.807, 2.05) is 36.5 Å². The van der Waals surface area contributed by atoms with E-state index in [0.29, 0.717) is 24.6 Å². The third-order valence-electron chi connectivity index (χ3n) is 6.38. The van der Waals surface area contributed by atoms with Gasteiger partial charge in [-0.2, -0.15) is 0 Å². The Morgan fingerprint density at radius 2 is 1.93 bits per heavy atom. The molecule has 0 aromatic heterocycles. The second kappa shape index (κ2) is 8.99. The van der Waals surface area contributed by atoms with Gasteiger partial charge in [0.2, 0.25) is 6.79 Å². The van der Waals surface area contributed by atoms with Crippen LogP contribution in [-0.4, -0.2) is 30.4 Å². The van der Waals surface area contributed by atoms with Crippen molar-refractivity contribution in [3.05, 3.63) is 66.6 Å². The number of piperidine rings is 1. The van der Waals surface area contributed by atoms with E-state index in [2.05, 4.69) is 25.3 Å². The quantitative estimate of drug-likeness (QED) is 0.581. The molecule has 2 unspecified atom stereocenters. The minimum absolute atomic E-state index is 0.200. The Kier molecular flexibility index (Phi) is 6.16. The Morgan fingerprint density at radius 3 is 2.67 bits per heavy atom. The molecule has 2 aliphatic heterocycles. The lowest BCUT2D eigenvalue weighted by Gasteiger charge is -2.49. The fraction of sp³-hybridized carbons (Fsp3) is 0.440. The van der Waals surface area contributed by atoms with Gasteiger partial charge in [0.05, 0.1) is 6.61 Å². The maximum absolute atomic E-state index is 13.6. The van der Waals surface area contributed by atoms with Gasteiger partial charge in [-0.3, -0.25) is 0 Å². The van der Waals surface area contributed by atoms with Crippen molar-refractivity contribution in [1.82, 2.24) is 4.90 Å². The number of halogens is 1. The number of fused-ring (bicyclic) bond motifs is 1. The molecule has 0 aliphatic carbocycles. The largest absolute Gasteiger partial charge is 0.493 e. The lowest BCUT2D eigenvalue weighted by atomic mass is 9.72. The van der Waals surface area contributed by atoms with E-state index in [0.717, 1.165) is 36.5 Å². The van der Waals surface area contributed by atoms with Crippen molar-refractivity contribution in [1.29, 1.82) is 0 Å². The van der Waals surface area contributed by atoms with Crippen molar-refractivity contribution < 1.29 is 18.6 Å². The van der Waals surface area contributed by atoms with Gasteiger partial charge in [-0.25, -0.2) is 4.39 Å². The molecule has 2 heterocycles. The number of hydrogen-bond acceptors (Lipinski definition) is 4. The highest BCUT2D eigenvalue weighted by Gasteiger charge is 2.40. The molecule has 4 rings (SSSR count). The molecular formula is C25H30FNO3. The van der Waals surface area contributed by atoms with E-state index in [4.69, 9.17) is 14.2 Å². The number of ether oxygens (including phenoxy) is 3. The molecule has 2 aromatic carbocycles. The second-order valence-corrected chi connectivity index (χ2v) is 8.22. The number of benzene rings is 2. The standard InChI is InChI=1S/C25H30FNO3/c1-4-6-23-22(15-28-20-11-12-24-25(14-20)30-16-29-24)21(13-17(3)27(23)5-2)18-7-9-19(26)10-8-18/h5,7-12,14,17,21-23H,2,4,6,13,15-16H2,1,3H3/t17?,21-,22-,23?/m0/s1. The first-order valence-corrected chi connectivity index (χ1v) is 10.8. The van der Waals surface area contributed by atoms with Crippen LogP contribution in [0.4, 0.5) is 4.39 Å². The number of rotatable bonds is 7. The summed E-state index contributed by atoms with van der Waals surface area (Å²) in [4.78, 5) is 2.39. The van der Waals surface area contributed by atoms with Crippen molar-refractivity contribution in [2.75, 3.05) is 13.4 Å². The van der Waals surface area contributed by atoms with E-state index in [1.54, 1.807) is 12.1 Å². The molecule has 0 saturated carbocycles. The summed E-state index contributed by atoms with van der Waals surface area (Å²) in [6, 6.07) is 13.4. The van der Waals surface area contributed by atoms with Crippen LogP contribution in [-0.2, 0) is 0 Å². The third kappa shape index (κ3) is 4.11. The lowest BCUT2D eigenvalue weighted by Crippen LogP contribution is -2.51. The Labute approximate surface area is 178 Å². The van der Waals surface area contributed by atoms with Crippen LogP contribution in [0.15, 0.2) is 55.2 Å². The van der Waals surface area contributed by atoms with Crippen molar-refractivity contribution in [2.45, 2.75) is 51.1 Å². The molecule has 0 N–H and O–H groups in total. The van der Waals surface area contributed by atoms with E-state index in [1.165, 1.54) is 5.56 Å². The molecule has 5 heteroatoms. The van der Waals surface area contributed by atoms with Crippen LogP contribution < -0.4 is 14.2 Å². The molecule has 1 saturated heterocycles. The van der Waals surface area contributed by atoms with Crippen LogP contribution in [0, 0.1) is 11.7 Å². The van der Waals surface area contributed by atoms with Gasteiger partial charge in [0.15, 0.2) is 11.5 Å². The van der Waals surface area contributed by atoms with Gasteiger partial charge in [0.25, 0.3) is 0 Å². The molecule has 2 aromatic rings. The first-order chi connectivity index (χ1) is 14.6. The zero-order chi connectivity index (χ0) is 21.1. The first kappa shape index (κ1) is 20.6. The van der Waals surface area contributed by atoms with Crippen LogP contribution >= 0.6 is 0 Å². The van der Waals surface area contributed by atoms with E-state index >= 15 is 0 Å². The maximum atomic E-state index is 13.6. The van der Waals surface area contributed by atoms with Crippen molar-refractivity contribution in [3.8, 4) is 17.2 Å². The summed E-state index contributed by atoms with van der Waals surface area (Å²) in [7, 11) is 0. The Balaban J connectivity index is 1.60. The Morgan fingerprint density at radius 1 is 1.17 bits per heavy atom. The van der Waals surface area contributed by atoms with Crippen molar-refractivity contribution >= 4 is 0 Å². The van der Waals surface area contributed by atoms with Gasteiger partial charge in [-0.05, 0) is 61.7 Å². The number of nitrogens with zero attached hydrogens (tertiary/aromatic N) is 1. The van der Waals surface area contributed by atoms with Crippen LogP contribution in [0.3, 0.4) is 0 Å². The van der Waals surface area contributed by atoms with Gasteiger partial charge in [-0.1, -0.05) is 32.1 Å². The second-order valence-electron chi connectivity index (χ2n) is 8.22. The van der Waals surface area contributed by atoms with Gasteiger partial charge in [0.1, 0.15) is 11.6 Å². The van der Waals surface area contributed by atoms with E-state index < -0.39 is 0 Å². The van der Waals surface area contributed by atoms with Gasteiger partial charge < -0.3 is 19.1 Å². The molecule has 1 fully saturated rings. The Hall–Kier alpha value is -2.69. The molecule has 2 aliphatic rings. The van der Waals surface area contributed by atoms with E-state index in [9.17, 15) is 4.39 Å². The summed E-state index contributed by atoms with van der Waals surface area (Å²) in [6.45, 7) is 9.35. The predicted octanol–water partition coefficient (Wildman–Crippen LogP) is 5.74. The molecule has 0 radical (unpaired) electrons. The SMILES string of the molecule is C=CN1C(C)C[C@@H](c2ccc(F)cc2)[C@H](COc2ccc3c(c2)OCO3)C1CCC. The van der Waals surface area contributed by atoms with Crippen LogP contribution in [0.2, 0.25) is 0 Å². The monoisotopic (exact) mass is 411 g/mol. The normalized spacial score (nSPS) is 25.2. The highest BCUT2D eigenvalue weighted by molar-refractivity contribution is 5.46. The summed E-state index contributed by atoms with van der Waals surface area (Å²) in [5, 5.41) is 0. The molecule has 0 amide bonds. The van der Waals surface area contributed by atoms with Gasteiger partial charge in [0, 0.05) is 24.1 Å². The van der Waals surface area contributed by atoms with Crippen LogP contribution in [0.25, 0.3) is 0 Å². The fourth-order valence-corrected chi connectivity index (χ4v) is 4.93. The average Bonchev–Trinajstić information content (AvgIpc) is 3.21. The molecule has 4 atom stereocenters. The maximum Gasteiger partial charge on any atom is 0.231 e. The minimum Gasteiger partial charge on any atom is -0.493 e. The fourth-order valence-electron chi connectivity index (χ4n) is 4.93. The van der Waals surface area contributed by atoms with E-state index in [-0.39, 0.29) is 18.5 Å².